The van der Waals surface area contributed by atoms with Gasteiger partial charge in [-0.25, -0.2) is 0 Å². The van der Waals surface area contributed by atoms with Crippen LogP contribution in [0.3, 0.4) is 0 Å². The molecule has 0 saturated carbocycles. The lowest BCUT2D eigenvalue weighted by molar-refractivity contribution is -0.141. The molecule has 0 aliphatic carbocycles. The number of aryl methyl sites for hydroxylation is 1. The van der Waals surface area contributed by atoms with Crippen LogP contribution in [0, 0.1) is 17.8 Å². The first-order valence-electron chi connectivity index (χ1n) is 18.7. The number of aromatic amines is 1. The van der Waals surface area contributed by atoms with Gasteiger partial charge in [0.15, 0.2) is 11.5 Å². The number of benzene rings is 3. The number of aromatic nitrogens is 1. The number of fused-ring (bicyclic) bond motifs is 2. The highest BCUT2D eigenvalue weighted by Gasteiger charge is 2.49. The van der Waals surface area contributed by atoms with Crippen LogP contribution in [0.4, 0.5) is 0 Å². The van der Waals surface area contributed by atoms with Crippen molar-refractivity contribution in [2.45, 2.75) is 58.1 Å². The third kappa shape index (κ3) is 8.51. The third-order valence-corrected chi connectivity index (χ3v) is 11.0. The first-order valence-corrected chi connectivity index (χ1v) is 19.1. The van der Waals surface area contributed by atoms with Crippen LogP contribution in [-0.4, -0.2) is 90.9 Å². The minimum Gasteiger partial charge on any atom is -0.493 e. The second kappa shape index (κ2) is 17.0. The van der Waals surface area contributed by atoms with E-state index < -0.39 is 17.9 Å². The number of carbonyl (C=O) groups is 4. The quantitative estimate of drug-likeness (QED) is 0.158. The lowest BCUT2D eigenvalue weighted by atomic mass is 9.78. The Kier molecular flexibility index (Phi) is 12.2. The minimum atomic E-state index is -0.745. The number of nitrogens with zero attached hydrogens (tertiary/aromatic N) is 2. The molecular weight excluding hydrogens is 706 g/mol. The van der Waals surface area contributed by atoms with Gasteiger partial charge in [0, 0.05) is 60.9 Å². The van der Waals surface area contributed by atoms with Crippen LogP contribution in [0.5, 0.6) is 11.5 Å². The molecule has 4 unspecified atom stereocenters. The highest BCUT2D eigenvalue weighted by molar-refractivity contribution is 6.31. The highest BCUT2D eigenvalue weighted by Crippen LogP contribution is 2.39. The van der Waals surface area contributed by atoms with Crippen LogP contribution in [-0.2, 0) is 20.8 Å². The van der Waals surface area contributed by atoms with Gasteiger partial charge in [-0.3, -0.25) is 19.2 Å². The summed E-state index contributed by atoms with van der Waals surface area (Å²) in [5, 5.41) is 7.27. The average molecular weight is 756 g/mol. The SMILES string of the molecule is CNC(=O)[C@H](CCCc1ccccc1)NC(=O)C1CN(C(=O)C(C)c2c[nH]c3cc(Cl)ccc23)CC2CN(C(=O)c3ccc(OC(C)C)c(OC)c3)CC21. The van der Waals surface area contributed by atoms with E-state index in [0.29, 0.717) is 54.6 Å². The Labute approximate surface area is 321 Å². The minimum absolute atomic E-state index is 0.0695. The summed E-state index contributed by atoms with van der Waals surface area (Å²) >= 11 is 6.23. The summed E-state index contributed by atoms with van der Waals surface area (Å²) in [7, 11) is 3.10. The normalized spacial score (nSPS) is 19.3. The monoisotopic (exact) mass is 755 g/mol. The first-order chi connectivity index (χ1) is 26.0. The summed E-state index contributed by atoms with van der Waals surface area (Å²) in [6, 6.07) is 20.0. The predicted octanol–water partition coefficient (Wildman–Crippen LogP) is 5.82. The Balaban J connectivity index is 1.24. The number of hydrogen-bond acceptors (Lipinski definition) is 6. The van der Waals surface area contributed by atoms with Crippen LogP contribution in [0.25, 0.3) is 10.9 Å². The van der Waals surface area contributed by atoms with Gasteiger partial charge in [0.25, 0.3) is 5.91 Å². The van der Waals surface area contributed by atoms with Crippen molar-refractivity contribution in [2.24, 2.45) is 17.8 Å². The van der Waals surface area contributed by atoms with Crippen molar-refractivity contribution in [3.05, 3.63) is 94.6 Å². The molecule has 3 aromatic carbocycles. The summed E-state index contributed by atoms with van der Waals surface area (Å²) in [6.07, 6.45) is 3.69. The molecule has 2 aliphatic heterocycles. The second-order valence-electron chi connectivity index (χ2n) is 14.7. The number of likely N-dealkylation sites (N-methyl/N-ethyl adjacent to an activating group) is 1. The number of methoxy groups -OCH3 is 1. The molecule has 11 nitrogen and oxygen atoms in total. The van der Waals surface area contributed by atoms with E-state index in [4.69, 9.17) is 21.1 Å². The van der Waals surface area contributed by atoms with Crippen LogP contribution in [0.2, 0.25) is 5.02 Å². The fraction of sp³-hybridized carbons (Fsp3) is 0.429. The number of hydrogen-bond donors (Lipinski definition) is 3. The number of nitrogens with one attached hydrogen (secondary N) is 3. The van der Waals surface area contributed by atoms with Gasteiger partial charge in [-0.05, 0) is 93.3 Å². The number of likely N-dealkylation sites (tertiary alicyclic amines) is 2. The predicted molar refractivity (Wildman–Crippen MR) is 209 cm³/mol. The van der Waals surface area contributed by atoms with E-state index in [1.54, 1.807) is 41.1 Å². The average Bonchev–Trinajstić information content (AvgIpc) is 3.80. The van der Waals surface area contributed by atoms with E-state index in [2.05, 4.69) is 15.6 Å². The maximum atomic E-state index is 14.4. The van der Waals surface area contributed by atoms with Crippen molar-refractivity contribution < 1.29 is 28.7 Å². The number of halogens is 1. The fourth-order valence-corrected chi connectivity index (χ4v) is 8.17. The number of amides is 4. The zero-order chi connectivity index (χ0) is 38.5. The Bertz CT molecular complexity index is 1980. The van der Waals surface area contributed by atoms with Crippen molar-refractivity contribution >= 4 is 46.1 Å². The summed E-state index contributed by atoms with van der Waals surface area (Å²) in [4.78, 5) is 62.5. The van der Waals surface area contributed by atoms with Crippen molar-refractivity contribution in [1.82, 2.24) is 25.4 Å². The third-order valence-electron chi connectivity index (χ3n) is 10.8. The van der Waals surface area contributed by atoms with Gasteiger partial charge in [-0.1, -0.05) is 48.0 Å². The van der Waals surface area contributed by atoms with Crippen LogP contribution in [0.1, 0.15) is 61.0 Å². The zero-order valence-corrected chi connectivity index (χ0v) is 32.3. The molecule has 3 N–H and O–H groups in total. The van der Waals surface area contributed by atoms with Crippen LogP contribution in [0.15, 0.2) is 72.9 Å². The zero-order valence-electron chi connectivity index (χ0n) is 31.6. The Morgan fingerprint density at radius 1 is 0.926 bits per heavy atom. The van der Waals surface area contributed by atoms with Gasteiger partial charge in [0.2, 0.25) is 17.7 Å². The molecule has 2 saturated heterocycles. The van der Waals surface area contributed by atoms with Gasteiger partial charge in [-0.2, -0.15) is 0 Å². The highest BCUT2D eigenvalue weighted by atomic mass is 35.5. The Morgan fingerprint density at radius 3 is 2.41 bits per heavy atom. The molecule has 286 valence electrons. The van der Waals surface area contributed by atoms with E-state index in [9.17, 15) is 19.2 Å². The molecule has 1 aromatic heterocycles. The van der Waals surface area contributed by atoms with E-state index in [-0.39, 0.29) is 48.1 Å². The molecule has 3 heterocycles. The summed E-state index contributed by atoms with van der Waals surface area (Å²) in [5.41, 5.74) is 3.29. The van der Waals surface area contributed by atoms with Gasteiger partial charge < -0.3 is 34.9 Å². The van der Waals surface area contributed by atoms with E-state index in [1.165, 1.54) is 7.11 Å². The largest absolute Gasteiger partial charge is 0.493 e. The van der Waals surface area contributed by atoms with Crippen LogP contribution >= 0.6 is 11.6 Å². The molecule has 4 amide bonds. The standard InChI is InChI=1S/C42H50ClN5O6/c1-25(2)54-37-17-14-28(18-38(37)53-5)42(52)48-22-29-21-47(41(51)26(3)32-20-45-36-19-30(43)15-16-31(32)36)24-34(33(29)23-48)39(49)46-35(40(50)44-4)13-9-12-27-10-7-6-8-11-27/h6-8,10-11,14-20,25-26,29,33-35,45H,9,12-13,21-24H2,1-5H3,(H,44,50)(H,46,49)/t26?,29?,33?,34?,35-/m0/s1. The number of H-pyrrole nitrogens is 1. The van der Waals surface area contributed by atoms with Gasteiger partial charge in [-0.15, -0.1) is 0 Å². The molecule has 0 bridgehead atoms. The number of rotatable bonds is 13. The molecular formula is C42H50ClN5O6. The lowest BCUT2D eigenvalue weighted by Crippen LogP contribution is -2.56. The van der Waals surface area contributed by atoms with Gasteiger partial charge in [0.05, 0.1) is 25.0 Å². The van der Waals surface area contributed by atoms with Gasteiger partial charge in [0.1, 0.15) is 6.04 Å². The molecule has 2 fully saturated rings. The van der Waals surface area contributed by atoms with Crippen LogP contribution < -0.4 is 20.1 Å². The van der Waals surface area contributed by atoms with Crippen molar-refractivity contribution in [3.63, 3.8) is 0 Å². The summed E-state index contributed by atoms with van der Waals surface area (Å²) < 4.78 is 11.4. The molecule has 6 rings (SSSR count). The molecule has 12 heteroatoms. The molecule has 2 aliphatic rings. The van der Waals surface area contributed by atoms with Gasteiger partial charge >= 0.3 is 0 Å². The van der Waals surface area contributed by atoms with E-state index >= 15 is 0 Å². The molecule has 0 spiro atoms. The molecule has 54 heavy (non-hydrogen) atoms. The molecule has 4 aromatic rings. The number of piperidine rings is 1. The topological polar surface area (TPSA) is 133 Å². The maximum absolute atomic E-state index is 14.4. The summed E-state index contributed by atoms with van der Waals surface area (Å²) in [5.74, 6) is -1.38. The maximum Gasteiger partial charge on any atom is 0.254 e. The smallest absolute Gasteiger partial charge is 0.254 e. The summed E-state index contributed by atoms with van der Waals surface area (Å²) in [6.45, 7) is 7.00. The Hall–Kier alpha value is -5.03. The lowest BCUT2D eigenvalue weighted by Gasteiger charge is -2.40. The second-order valence-corrected chi connectivity index (χ2v) is 15.2. The van der Waals surface area contributed by atoms with E-state index in [1.807, 2.05) is 69.4 Å². The Morgan fingerprint density at radius 2 is 1.69 bits per heavy atom. The molecule has 5 atom stereocenters. The van der Waals surface area contributed by atoms with E-state index in [0.717, 1.165) is 28.5 Å². The number of carbonyl (C=O) groups excluding carboxylic acids is 4. The van der Waals surface area contributed by atoms with Crippen molar-refractivity contribution in [1.29, 1.82) is 0 Å². The van der Waals surface area contributed by atoms with Crippen molar-refractivity contribution in [3.8, 4) is 11.5 Å². The van der Waals surface area contributed by atoms with Crippen molar-refractivity contribution in [2.75, 3.05) is 40.3 Å². The molecule has 0 radical (unpaired) electrons. The number of ether oxygens (including phenoxy) is 2. The first kappa shape index (κ1) is 38.7. The fourth-order valence-electron chi connectivity index (χ4n) is 8.00.